The number of amides is 1. The number of carbonyl (C=O) groups is 2. The fraction of sp³-hybridized carbons (Fsp3) is 0.619. The minimum Gasteiger partial charge on any atom is -0.481 e. The molecule has 156 valence electrons. The quantitative estimate of drug-likeness (QED) is 0.823. The van der Waals surface area contributed by atoms with Crippen molar-refractivity contribution in [1.82, 2.24) is 9.80 Å². The molecule has 2 aliphatic heterocycles. The van der Waals surface area contributed by atoms with E-state index in [2.05, 4.69) is 17.0 Å². The van der Waals surface area contributed by atoms with Gasteiger partial charge < -0.3 is 14.7 Å². The van der Waals surface area contributed by atoms with Crippen molar-refractivity contribution in [2.24, 2.45) is 11.3 Å². The lowest BCUT2D eigenvalue weighted by Gasteiger charge is -2.41. The Balaban J connectivity index is 0.00000280. The van der Waals surface area contributed by atoms with Crippen LogP contribution in [0.5, 0.6) is 0 Å². The van der Waals surface area contributed by atoms with Crippen molar-refractivity contribution in [3.05, 3.63) is 35.9 Å². The number of carboxylic acid groups (broad SMARTS) is 1. The number of carboxylic acids is 1. The van der Waals surface area contributed by atoms with Gasteiger partial charge in [0.2, 0.25) is 0 Å². The number of rotatable bonds is 3. The summed E-state index contributed by atoms with van der Waals surface area (Å²) in [6.07, 6.45) is 1.10. The number of benzene rings is 1. The van der Waals surface area contributed by atoms with Crippen molar-refractivity contribution >= 4 is 24.5 Å². The van der Waals surface area contributed by atoms with Gasteiger partial charge in [-0.3, -0.25) is 9.69 Å². The molecular formula is C21H31ClN2O4. The third-order valence-electron chi connectivity index (χ3n) is 5.68. The molecule has 2 fully saturated rings. The van der Waals surface area contributed by atoms with Crippen molar-refractivity contribution in [3.63, 3.8) is 0 Å². The molecule has 3 rings (SSSR count). The number of carbonyl (C=O) groups excluding carboxylic acids is 1. The van der Waals surface area contributed by atoms with E-state index >= 15 is 0 Å². The average molecular weight is 411 g/mol. The lowest BCUT2D eigenvalue weighted by Crippen LogP contribution is -2.49. The smallest absolute Gasteiger partial charge is 0.410 e. The first kappa shape index (κ1) is 22.5. The molecule has 2 saturated heterocycles. The zero-order valence-corrected chi connectivity index (χ0v) is 17.7. The Morgan fingerprint density at radius 1 is 1.18 bits per heavy atom. The van der Waals surface area contributed by atoms with Crippen LogP contribution in [0.15, 0.2) is 30.3 Å². The van der Waals surface area contributed by atoms with Crippen molar-refractivity contribution in [2.45, 2.75) is 45.8 Å². The number of likely N-dealkylation sites (tertiary alicyclic amines) is 2. The highest BCUT2D eigenvalue weighted by Crippen LogP contribution is 2.45. The molecule has 7 heteroatoms. The summed E-state index contributed by atoms with van der Waals surface area (Å²) in [5, 5.41) is 9.81. The Bertz CT molecular complexity index is 681. The van der Waals surface area contributed by atoms with E-state index in [-0.39, 0.29) is 29.8 Å². The molecule has 2 aliphatic rings. The van der Waals surface area contributed by atoms with E-state index in [4.69, 9.17) is 4.74 Å². The summed E-state index contributed by atoms with van der Waals surface area (Å²) in [5.74, 6) is -1.11. The van der Waals surface area contributed by atoms with Crippen LogP contribution in [0.1, 0.15) is 39.2 Å². The Morgan fingerprint density at radius 3 is 2.32 bits per heavy atom. The van der Waals surface area contributed by atoms with Gasteiger partial charge in [0.25, 0.3) is 0 Å². The molecule has 0 radical (unpaired) electrons. The second-order valence-electron chi connectivity index (χ2n) is 8.88. The van der Waals surface area contributed by atoms with Gasteiger partial charge in [0, 0.05) is 38.1 Å². The molecule has 0 saturated carbocycles. The SMILES string of the molecule is CC(C)(C)OC(=O)N1CCC2(CC1)CN(Cc1ccccc1)CC2C(=O)O.Cl. The van der Waals surface area contributed by atoms with Gasteiger partial charge in [-0.1, -0.05) is 30.3 Å². The molecule has 0 aromatic heterocycles. The van der Waals surface area contributed by atoms with E-state index in [1.165, 1.54) is 5.56 Å². The molecule has 2 heterocycles. The monoisotopic (exact) mass is 410 g/mol. The van der Waals surface area contributed by atoms with Gasteiger partial charge in [-0.25, -0.2) is 4.79 Å². The predicted octanol–water partition coefficient (Wildman–Crippen LogP) is 3.64. The van der Waals surface area contributed by atoms with E-state index in [0.29, 0.717) is 32.5 Å². The number of halogens is 1. The van der Waals surface area contributed by atoms with E-state index in [1.807, 2.05) is 39.0 Å². The third kappa shape index (κ3) is 5.17. The first-order chi connectivity index (χ1) is 12.7. The molecule has 1 amide bonds. The number of aliphatic carboxylic acids is 1. The maximum atomic E-state index is 12.3. The van der Waals surface area contributed by atoms with E-state index in [9.17, 15) is 14.7 Å². The van der Waals surface area contributed by atoms with Gasteiger partial charge in [-0.2, -0.15) is 0 Å². The van der Waals surface area contributed by atoms with Crippen LogP contribution in [0.3, 0.4) is 0 Å². The summed E-state index contributed by atoms with van der Waals surface area (Å²) in [4.78, 5) is 28.2. The standard InChI is InChI=1S/C21H30N2O4.ClH/c1-20(2,3)27-19(26)23-11-9-21(10-12-23)15-22(14-17(21)18(24)25)13-16-7-5-4-6-8-16;/h4-8,17H,9-15H2,1-3H3,(H,24,25);1H. The fourth-order valence-corrected chi connectivity index (χ4v) is 4.34. The van der Waals surface area contributed by atoms with Crippen molar-refractivity contribution in [2.75, 3.05) is 26.2 Å². The number of nitrogens with zero attached hydrogens (tertiary/aromatic N) is 2. The molecule has 1 N–H and O–H groups in total. The fourth-order valence-electron chi connectivity index (χ4n) is 4.34. The van der Waals surface area contributed by atoms with Gasteiger partial charge in [0.1, 0.15) is 5.60 Å². The Hall–Kier alpha value is -1.79. The molecule has 1 unspecified atom stereocenters. The Labute approximate surface area is 173 Å². The highest BCUT2D eigenvalue weighted by molar-refractivity contribution is 5.85. The maximum Gasteiger partial charge on any atom is 0.410 e. The molecule has 1 aromatic carbocycles. The second-order valence-corrected chi connectivity index (χ2v) is 8.88. The number of hydrogen-bond acceptors (Lipinski definition) is 4. The summed E-state index contributed by atoms with van der Waals surface area (Å²) in [6, 6.07) is 10.2. The molecule has 0 aliphatic carbocycles. The van der Waals surface area contributed by atoms with Crippen LogP contribution < -0.4 is 0 Å². The molecule has 1 atom stereocenters. The third-order valence-corrected chi connectivity index (χ3v) is 5.68. The molecule has 0 bridgehead atoms. The number of piperidine rings is 1. The lowest BCUT2D eigenvalue weighted by atomic mass is 9.71. The largest absolute Gasteiger partial charge is 0.481 e. The topological polar surface area (TPSA) is 70.1 Å². The first-order valence-electron chi connectivity index (χ1n) is 9.66. The van der Waals surface area contributed by atoms with Crippen molar-refractivity contribution in [3.8, 4) is 0 Å². The number of ether oxygens (including phenoxy) is 1. The molecular weight excluding hydrogens is 380 g/mol. The summed E-state index contributed by atoms with van der Waals surface area (Å²) >= 11 is 0. The van der Waals surface area contributed by atoms with Crippen LogP contribution in [0.4, 0.5) is 4.79 Å². The van der Waals surface area contributed by atoms with Gasteiger partial charge in [0.05, 0.1) is 5.92 Å². The number of hydrogen-bond donors (Lipinski definition) is 1. The second kappa shape index (κ2) is 8.70. The van der Waals surface area contributed by atoms with E-state index in [1.54, 1.807) is 4.90 Å². The summed E-state index contributed by atoms with van der Waals surface area (Å²) < 4.78 is 5.46. The zero-order valence-electron chi connectivity index (χ0n) is 16.9. The molecule has 28 heavy (non-hydrogen) atoms. The highest BCUT2D eigenvalue weighted by atomic mass is 35.5. The lowest BCUT2D eigenvalue weighted by molar-refractivity contribution is -0.145. The highest BCUT2D eigenvalue weighted by Gasteiger charge is 2.51. The summed E-state index contributed by atoms with van der Waals surface area (Å²) in [7, 11) is 0. The minimum atomic E-state index is -0.726. The molecule has 6 nitrogen and oxygen atoms in total. The van der Waals surface area contributed by atoms with Crippen LogP contribution >= 0.6 is 12.4 Å². The van der Waals surface area contributed by atoms with Crippen LogP contribution in [0.2, 0.25) is 0 Å². The van der Waals surface area contributed by atoms with Gasteiger partial charge in [0.15, 0.2) is 0 Å². The molecule has 1 aromatic rings. The average Bonchev–Trinajstić information content (AvgIpc) is 2.93. The summed E-state index contributed by atoms with van der Waals surface area (Å²) in [6.45, 7) is 8.77. The summed E-state index contributed by atoms with van der Waals surface area (Å²) in [5.41, 5.74) is 0.416. The molecule has 1 spiro atoms. The normalized spacial score (nSPS) is 22.0. The van der Waals surface area contributed by atoms with E-state index < -0.39 is 11.6 Å². The van der Waals surface area contributed by atoms with Gasteiger partial charge >= 0.3 is 12.1 Å². The van der Waals surface area contributed by atoms with E-state index in [0.717, 1.165) is 13.1 Å². The van der Waals surface area contributed by atoms with Crippen LogP contribution in [-0.2, 0) is 16.1 Å². The van der Waals surface area contributed by atoms with Crippen molar-refractivity contribution < 1.29 is 19.4 Å². The predicted molar refractivity (Wildman–Crippen MR) is 110 cm³/mol. The van der Waals surface area contributed by atoms with Crippen LogP contribution in [0.25, 0.3) is 0 Å². The Kier molecular flexibility index (Phi) is 6.99. The van der Waals surface area contributed by atoms with Gasteiger partial charge in [-0.15, -0.1) is 12.4 Å². The van der Waals surface area contributed by atoms with Gasteiger partial charge in [-0.05, 0) is 39.2 Å². The Morgan fingerprint density at radius 2 is 1.79 bits per heavy atom. The van der Waals surface area contributed by atoms with Crippen molar-refractivity contribution in [1.29, 1.82) is 0 Å². The van der Waals surface area contributed by atoms with Crippen LogP contribution in [-0.4, -0.2) is 58.7 Å². The zero-order chi connectivity index (χ0) is 19.7. The first-order valence-corrected chi connectivity index (χ1v) is 9.66. The maximum absolute atomic E-state index is 12.3. The van der Waals surface area contributed by atoms with Crippen LogP contribution in [0, 0.1) is 11.3 Å². The minimum absolute atomic E-state index is 0.